The van der Waals surface area contributed by atoms with Crippen LogP contribution in [0.15, 0.2) is 18.2 Å². The Morgan fingerprint density at radius 3 is 3.24 bits per heavy atom. The SMILES string of the molecule is CCOC(=O)C[C@@H]1COc2cc(Cl)ccc2N1. The van der Waals surface area contributed by atoms with Crippen LogP contribution in [-0.4, -0.2) is 25.2 Å². The Morgan fingerprint density at radius 1 is 1.65 bits per heavy atom. The third-order valence-corrected chi connectivity index (χ3v) is 2.70. The Balaban J connectivity index is 1.99. The number of carbonyl (C=O) groups excluding carboxylic acids is 1. The lowest BCUT2D eigenvalue weighted by molar-refractivity contribution is -0.143. The zero-order chi connectivity index (χ0) is 12.3. The van der Waals surface area contributed by atoms with Gasteiger partial charge in [0.05, 0.1) is 24.8 Å². The fourth-order valence-corrected chi connectivity index (χ4v) is 1.88. The minimum absolute atomic E-state index is 0.0530. The van der Waals surface area contributed by atoms with E-state index >= 15 is 0 Å². The van der Waals surface area contributed by atoms with Crippen molar-refractivity contribution in [2.75, 3.05) is 18.5 Å². The molecule has 4 nitrogen and oxygen atoms in total. The lowest BCUT2D eigenvalue weighted by atomic mass is 10.1. The second-order valence-electron chi connectivity index (χ2n) is 3.80. The summed E-state index contributed by atoms with van der Waals surface area (Å²) < 4.78 is 10.4. The molecule has 0 amide bonds. The van der Waals surface area contributed by atoms with Gasteiger partial charge >= 0.3 is 5.97 Å². The van der Waals surface area contributed by atoms with Crippen molar-refractivity contribution in [1.29, 1.82) is 0 Å². The van der Waals surface area contributed by atoms with E-state index in [1.807, 2.05) is 6.07 Å². The van der Waals surface area contributed by atoms with Gasteiger partial charge < -0.3 is 14.8 Å². The number of hydrogen-bond acceptors (Lipinski definition) is 4. The van der Waals surface area contributed by atoms with Gasteiger partial charge in [0.1, 0.15) is 12.4 Å². The lowest BCUT2D eigenvalue weighted by Crippen LogP contribution is -2.33. The van der Waals surface area contributed by atoms with Gasteiger partial charge in [-0.15, -0.1) is 0 Å². The minimum atomic E-state index is -0.217. The van der Waals surface area contributed by atoms with Crippen molar-refractivity contribution in [3.05, 3.63) is 23.2 Å². The average molecular weight is 256 g/mol. The Labute approximate surface area is 105 Å². The Hall–Kier alpha value is -1.42. The predicted molar refractivity (Wildman–Crippen MR) is 65.6 cm³/mol. The van der Waals surface area contributed by atoms with Gasteiger partial charge in [0.15, 0.2) is 0 Å². The summed E-state index contributed by atoms with van der Waals surface area (Å²) in [6, 6.07) is 5.32. The van der Waals surface area contributed by atoms with Crippen LogP contribution in [0.1, 0.15) is 13.3 Å². The highest BCUT2D eigenvalue weighted by molar-refractivity contribution is 6.30. The van der Waals surface area contributed by atoms with Gasteiger partial charge in [-0.05, 0) is 19.1 Å². The summed E-state index contributed by atoms with van der Waals surface area (Å²) in [7, 11) is 0. The van der Waals surface area contributed by atoms with Crippen molar-refractivity contribution in [2.45, 2.75) is 19.4 Å². The van der Waals surface area contributed by atoms with Crippen LogP contribution in [0.2, 0.25) is 5.02 Å². The number of benzene rings is 1. The Morgan fingerprint density at radius 2 is 2.47 bits per heavy atom. The molecule has 0 radical (unpaired) electrons. The molecule has 1 aliphatic heterocycles. The standard InChI is InChI=1S/C12H14ClNO3/c1-2-16-12(15)6-9-7-17-11-5-8(13)3-4-10(11)14-9/h3-5,9,14H,2,6-7H2,1H3/t9-/m1/s1. The zero-order valence-corrected chi connectivity index (χ0v) is 10.3. The van der Waals surface area contributed by atoms with E-state index < -0.39 is 0 Å². The van der Waals surface area contributed by atoms with E-state index in [0.717, 1.165) is 11.4 Å². The Kier molecular flexibility index (Phi) is 3.74. The van der Waals surface area contributed by atoms with Crippen LogP contribution in [0.4, 0.5) is 5.69 Å². The number of carbonyl (C=O) groups is 1. The quantitative estimate of drug-likeness (QED) is 0.843. The van der Waals surface area contributed by atoms with Crippen LogP contribution in [0, 0.1) is 0 Å². The van der Waals surface area contributed by atoms with Gasteiger partial charge in [-0.1, -0.05) is 11.6 Å². The minimum Gasteiger partial charge on any atom is -0.489 e. The van der Waals surface area contributed by atoms with E-state index in [-0.39, 0.29) is 12.0 Å². The number of esters is 1. The number of hydrogen-bond donors (Lipinski definition) is 1. The maximum Gasteiger partial charge on any atom is 0.307 e. The molecule has 17 heavy (non-hydrogen) atoms. The fourth-order valence-electron chi connectivity index (χ4n) is 1.72. The summed E-state index contributed by atoms with van der Waals surface area (Å²) in [5.41, 5.74) is 0.856. The molecule has 1 atom stereocenters. The zero-order valence-electron chi connectivity index (χ0n) is 9.53. The molecule has 1 heterocycles. The molecular formula is C12H14ClNO3. The Bertz CT molecular complexity index is 422. The van der Waals surface area contributed by atoms with Crippen molar-refractivity contribution in [3.63, 3.8) is 0 Å². The van der Waals surface area contributed by atoms with Crippen LogP contribution < -0.4 is 10.1 Å². The average Bonchev–Trinajstić information content (AvgIpc) is 2.29. The van der Waals surface area contributed by atoms with Crippen molar-refractivity contribution in [1.82, 2.24) is 0 Å². The van der Waals surface area contributed by atoms with Crippen LogP contribution in [0.25, 0.3) is 0 Å². The summed E-state index contributed by atoms with van der Waals surface area (Å²) in [6.45, 7) is 2.63. The molecule has 5 heteroatoms. The first kappa shape index (κ1) is 12.0. The number of nitrogens with one attached hydrogen (secondary N) is 1. The molecule has 0 saturated carbocycles. The highest BCUT2D eigenvalue weighted by atomic mass is 35.5. The first-order valence-electron chi connectivity index (χ1n) is 5.53. The monoisotopic (exact) mass is 255 g/mol. The van der Waals surface area contributed by atoms with Gasteiger partial charge in [0.2, 0.25) is 0 Å². The highest BCUT2D eigenvalue weighted by Gasteiger charge is 2.21. The van der Waals surface area contributed by atoms with Gasteiger partial charge in [-0.2, -0.15) is 0 Å². The molecule has 1 aromatic rings. The highest BCUT2D eigenvalue weighted by Crippen LogP contribution is 2.32. The molecule has 0 fully saturated rings. The maximum atomic E-state index is 11.3. The van der Waals surface area contributed by atoms with Gasteiger partial charge in [0.25, 0.3) is 0 Å². The number of rotatable bonds is 3. The van der Waals surface area contributed by atoms with E-state index in [0.29, 0.717) is 24.7 Å². The molecule has 0 spiro atoms. The van der Waals surface area contributed by atoms with Crippen molar-refractivity contribution < 1.29 is 14.3 Å². The summed E-state index contributed by atoms with van der Waals surface area (Å²) >= 11 is 5.86. The van der Waals surface area contributed by atoms with E-state index in [2.05, 4.69) is 5.32 Å². The molecule has 0 unspecified atom stereocenters. The second-order valence-corrected chi connectivity index (χ2v) is 4.24. The summed E-state index contributed by atoms with van der Waals surface area (Å²) in [4.78, 5) is 11.3. The lowest BCUT2D eigenvalue weighted by Gasteiger charge is -2.26. The smallest absolute Gasteiger partial charge is 0.307 e. The number of ether oxygens (including phenoxy) is 2. The molecule has 0 bridgehead atoms. The van der Waals surface area contributed by atoms with E-state index in [1.165, 1.54) is 0 Å². The van der Waals surface area contributed by atoms with Gasteiger partial charge in [-0.3, -0.25) is 4.79 Å². The topological polar surface area (TPSA) is 47.6 Å². The van der Waals surface area contributed by atoms with E-state index in [1.54, 1.807) is 19.1 Å². The summed E-state index contributed by atoms with van der Waals surface area (Å²) in [5, 5.41) is 3.86. The maximum absolute atomic E-state index is 11.3. The molecule has 0 aliphatic carbocycles. The van der Waals surface area contributed by atoms with Crippen molar-refractivity contribution >= 4 is 23.3 Å². The predicted octanol–water partition coefficient (Wildman–Crippen LogP) is 2.47. The molecular weight excluding hydrogens is 242 g/mol. The van der Waals surface area contributed by atoms with Crippen LogP contribution in [0.3, 0.4) is 0 Å². The molecule has 1 N–H and O–H groups in total. The third-order valence-electron chi connectivity index (χ3n) is 2.46. The molecule has 0 aromatic heterocycles. The van der Waals surface area contributed by atoms with Gasteiger partial charge in [0, 0.05) is 11.1 Å². The molecule has 0 saturated heterocycles. The third kappa shape index (κ3) is 3.03. The first-order valence-corrected chi connectivity index (χ1v) is 5.91. The van der Waals surface area contributed by atoms with Crippen molar-refractivity contribution in [3.8, 4) is 5.75 Å². The molecule has 1 aromatic carbocycles. The van der Waals surface area contributed by atoms with E-state index in [4.69, 9.17) is 21.1 Å². The normalized spacial score (nSPS) is 17.6. The van der Waals surface area contributed by atoms with E-state index in [9.17, 15) is 4.79 Å². The molecule has 1 aliphatic rings. The number of fused-ring (bicyclic) bond motifs is 1. The summed E-state index contributed by atoms with van der Waals surface area (Å²) in [6.07, 6.45) is 0.301. The molecule has 92 valence electrons. The second kappa shape index (κ2) is 5.27. The molecule has 2 rings (SSSR count). The fraction of sp³-hybridized carbons (Fsp3) is 0.417. The van der Waals surface area contributed by atoms with Crippen LogP contribution >= 0.6 is 11.6 Å². The largest absolute Gasteiger partial charge is 0.489 e. The van der Waals surface area contributed by atoms with Gasteiger partial charge in [-0.25, -0.2) is 0 Å². The number of halogens is 1. The van der Waals surface area contributed by atoms with Crippen molar-refractivity contribution in [2.24, 2.45) is 0 Å². The summed E-state index contributed by atoms with van der Waals surface area (Å²) in [5.74, 6) is 0.503. The first-order chi connectivity index (χ1) is 8.19. The van der Waals surface area contributed by atoms with Crippen LogP contribution in [0.5, 0.6) is 5.75 Å². The number of anilines is 1. The van der Waals surface area contributed by atoms with Crippen LogP contribution in [-0.2, 0) is 9.53 Å².